The Labute approximate surface area is 202 Å². The molecule has 34 heavy (non-hydrogen) atoms. The maximum atomic E-state index is 13.5. The van der Waals surface area contributed by atoms with E-state index < -0.39 is 5.97 Å². The summed E-state index contributed by atoms with van der Waals surface area (Å²) in [5.74, 6) is -1.17. The molecule has 0 aromatic heterocycles. The lowest BCUT2D eigenvalue weighted by Gasteiger charge is -2.43. The van der Waals surface area contributed by atoms with Gasteiger partial charge in [0.1, 0.15) is 5.82 Å². The molecule has 0 saturated heterocycles. The average Bonchev–Trinajstić information content (AvgIpc) is 2.78. The van der Waals surface area contributed by atoms with E-state index in [9.17, 15) is 14.3 Å². The van der Waals surface area contributed by atoms with Crippen molar-refractivity contribution < 1.29 is 14.3 Å². The maximum absolute atomic E-state index is 13.5. The fraction of sp³-hybridized carbons (Fsp3) is 0.367. The van der Waals surface area contributed by atoms with Gasteiger partial charge in [-0.2, -0.15) is 0 Å². The largest absolute Gasteiger partial charge is 0.478 e. The lowest BCUT2D eigenvalue weighted by atomic mass is 9.63. The second-order valence-electron chi connectivity index (χ2n) is 10.9. The van der Waals surface area contributed by atoms with Gasteiger partial charge in [0.25, 0.3) is 0 Å². The van der Waals surface area contributed by atoms with Gasteiger partial charge in [0.2, 0.25) is 0 Å². The van der Waals surface area contributed by atoms with Crippen molar-refractivity contribution >= 4 is 11.7 Å². The van der Waals surface area contributed by atoms with Crippen molar-refractivity contribution in [3.05, 3.63) is 99.9 Å². The molecule has 4 rings (SSSR count). The smallest absolute Gasteiger partial charge is 0.335 e. The van der Waals surface area contributed by atoms with Crippen LogP contribution in [0.1, 0.15) is 78.7 Å². The number of fused-ring (bicyclic) bond motifs is 1. The Bertz CT molecular complexity index is 1190. The first-order valence-corrected chi connectivity index (χ1v) is 11.9. The Morgan fingerprint density at radius 2 is 1.32 bits per heavy atom. The molecule has 0 fully saturated rings. The van der Waals surface area contributed by atoms with Crippen molar-refractivity contribution in [1.82, 2.24) is 0 Å². The standard InChI is InChI=1S/C30H34FNO2/c1-20-16-25-26(30(4,5)15-14-29(25,2)3)17-27(20)32(19-22-8-12-24(31)13-9-22)18-21-6-10-23(11-7-21)28(33)34/h6-13,16-17H,14-15,18-19H2,1-5H3,(H,33,34). The molecule has 1 aliphatic carbocycles. The number of carboxylic acid groups (broad SMARTS) is 1. The van der Waals surface area contributed by atoms with Crippen molar-refractivity contribution in [2.24, 2.45) is 0 Å². The molecule has 3 nitrogen and oxygen atoms in total. The molecule has 4 heteroatoms. The number of anilines is 1. The molecule has 0 atom stereocenters. The number of nitrogens with zero attached hydrogens (tertiary/aromatic N) is 1. The minimum atomic E-state index is -0.926. The van der Waals surface area contributed by atoms with Gasteiger partial charge in [-0.3, -0.25) is 0 Å². The van der Waals surface area contributed by atoms with E-state index >= 15 is 0 Å². The molecule has 178 valence electrons. The van der Waals surface area contributed by atoms with Crippen LogP contribution in [0.5, 0.6) is 0 Å². The molecule has 0 bridgehead atoms. The Kier molecular flexibility index (Phi) is 6.28. The fourth-order valence-electron chi connectivity index (χ4n) is 5.06. The van der Waals surface area contributed by atoms with Crippen LogP contribution >= 0.6 is 0 Å². The molecule has 3 aromatic carbocycles. The van der Waals surface area contributed by atoms with Gasteiger partial charge in [-0.25, -0.2) is 9.18 Å². The van der Waals surface area contributed by atoms with Crippen LogP contribution in [0.15, 0.2) is 60.7 Å². The number of aromatic carboxylic acids is 1. The molecule has 1 N–H and O–H groups in total. The minimum absolute atomic E-state index is 0.0952. The molecule has 3 aromatic rings. The lowest BCUT2D eigenvalue weighted by Crippen LogP contribution is -2.34. The summed E-state index contributed by atoms with van der Waals surface area (Å²) >= 11 is 0. The van der Waals surface area contributed by atoms with Crippen molar-refractivity contribution in [2.75, 3.05) is 4.90 Å². The molecule has 0 heterocycles. The molecule has 1 aliphatic rings. The molecule has 0 amide bonds. The van der Waals surface area contributed by atoms with E-state index in [2.05, 4.69) is 51.7 Å². The summed E-state index contributed by atoms with van der Waals surface area (Å²) in [5.41, 5.74) is 7.78. The van der Waals surface area contributed by atoms with Gasteiger partial charge in [-0.1, -0.05) is 58.0 Å². The van der Waals surface area contributed by atoms with Gasteiger partial charge < -0.3 is 10.0 Å². The van der Waals surface area contributed by atoms with Crippen molar-refractivity contribution in [3.63, 3.8) is 0 Å². The number of benzene rings is 3. The van der Waals surface area contributed by atoms with Crippen LogP contribution in [0.4, 0.5) is 10.1 Å². The van der Waals surface area contributed by atoms with Crippen molar-refractivity contribution in [1.29, 1.82) is 0 Å². The molecule has 0 aliphatic heterocycles. The minimum Gasteiger partial charge on any atom is -0.478 e. The van der Waals surface area contributed by atoms with E-state index in [-0.39, 0.29) is 22.2 Å². The summed E-state index contributed by atoms with van der Waals surface area (Å²) in [7, 11) is 0. The second-order valence-corrected chi connectivity index (χ2v) is 10.9. The second kappa shape index (κ2) is 8.90. The number of rotatable bonds is 6. The Morgan fingerprint density at radius 1 is 0.853 bits per heavy atom. The highest BCUT2D eigenvalue weighted by molar-refractivity contribution is 5.87. The first-order chi connectivity index (χ1) is 16.0. The van der Waals surface area contributed by atoms with E-state index in [1.807, 2.05) is 24.3 Å². The van der Waals surface area contributed by atoms with Crippen LogP contribution in [-0.4, -0.2) is 11.1 Å². The normalized spacial score (nSPS) is 16.1. The number of hydrogen-bond acceptors (Lipinski definition) is 2. The van der Waals surface area contributed by atoms with E-state index in [4.69, 9.17) is 0 Å². The summed E-state index contributed by atoms with van der Waals surface area (Å²) in [4.78, 5) is 13.6. The third-order valence-electron chi connectivity index (χ3n) is 7.37. The van der Waals surface area contributed by atoms with Crippen LogP contribution in [0.2, 0.25) is 0 Å². The Balaban J connectivity index is 1.77. The summed E-state index contributed by atoms with van der Waals surface area (Å²) in [6.45, 7) is 12.7. The van der Waals surface area contributed by atoms with E-state index in [0.717, 1.165) is 23.2 Å². The zero-order valence-electron chi connectivity index (χ0n) is 20.8. The maximum Gasteiger partial charge on any atom is 0.335 e. The molecule has 0 radical (unpaired) electrons. The van der Waals surface area contributed by atoms with E-state index in [0.29, 0.717) is 13.1 Å². The topological polar surface area (TPSA) is 40.5 Å². The molecule has 0 unspecified atom stereocenters. The predicted molar refractivity (Wildman–Crippen MR) is 136 cm³/mol. The van der Waals surface area contributed by atoms with E-state index in [1.165, 1.54) is 35.2 Å². The molecular formula is C30H34FNO2. The van der Waals surface area contributed by atoms with Gasteiger partial charge in [0.05, 0.1) is 5.56 Å². The third kappa shape index (κ3) is 4.86. The van der Waals surface area contributed by atoms with Crippen LogP contribution in [-0.2, 0) is 23.9 Å². The first-order valence-electron chi connectivity index (χ1n) is 11.9. The zero-order valence-corrected chi connectivity index (χ0v) is 20.8. The highest BCUT2D eigenvalue weighted by Crippen LogP contribution is 2.47. The monoisotopic (exact) mass is 459 g/mol. The highest BCUT2D eigenvalue weighted by Gasteiger charge is 2.37. The Morgan fingerprint density at radius 3 is 1.82 bits per heavy atom. The zero-order chi connectivity index (χ0) is 24.7. The van der Waals surface area contributed by atoms with Gasteiger partial charge in [0.15, 0.2) is 0 Å². The number of aryl methyl sites for hydroxylation is 1. The summed E-state index contributed by atoms with van der Waals surface area (Å²) in [6.07, 6.45) is 2.31. The number of carbonyl (C=O) groups is 1. The van der Waals surface area contributed by atoms with Gasteiger partial charge in [-0.05, 0) is 88.7 Å². The molecule has 0 spiro atoms. The van der Waals surface area contributed by atoms with Crippen molar-refractivity contribution in [2.45, 2.75) is 71.4 Å². The van der Waals surface area contributed by atoms with Crippen LogP contribution in [0.25, 0.3) is 0 Å². The summed E-state index contributed by atoms with van der Waals surface area (Å²) < 4.78 is 13.5. The van der Waals surface area contributed by atoms with Gasteiger partial charge in [-0.15, -0.1) is 0 Å². The number of halogens is 1. The quantitative estimate of drug-likeness (QED) is 0.418. The van der Waals surface area contributed by atoms with Crippen LogP contribution in [0, 0.1) is 12.7 Å². The summed E-state index contributed by atoms with van der Waals surface area (Å²) in [5, 5.41) is 9.25. The third-order valence-corrected chi connectivity index (χ3v) is 7.37. The molecule has 0 saturated carbocycles. The lowest BCUT2D eigenvalue weighted by molar-refractivity contribution is 0.0697. The SMILES string of the molecule is Cc1cc2c(cc1N(Cc1ccc(F)cc1)Cc1ccc(C(=O)O)cc1)C(C)(C)CCC2(C)C. The van der Waals surface area contributed by atoms with Crippen LogP contribution < -0.4 is 4.90 Å². The fourth-order valence-corrected chi connectivity index (χ4v) is 5.06. The van der Waals surface area contributed by atoms with Gasteiger partial charge >= 0.3 is 5.97 Å². The highest BCUT2D eigenvalue weighted by atomic mass is 19.1. The Hall–Kier alpha value is -3.14. The predicted octanol–water partition coefficient (Wildman–Crippen LogP) is 7.39. The van der Waals surface area contributed by atoms with E-state index in [1.54, 1.807) is 12.1 Å². The van der Waals surface area contributed by atoms with Crippen LogP contribution in [0.3, 0.4) is 0 Å². The first kappa shape index (κ1) is 24.0. The van der Waals surface area contributed by atoms with Crippen molar-refractivity contribution in [3.8, 4) is 0 Å². The van der Waals surface area contributed by atoms with Gasteiger partial charge in [0, 0.05) is 18.8 Å². The summed E-state index contributed by atoms with van der Waals surface area (Å²) in [6, 6.07) is 18.4. The molecular weight excluding hydrogens is 425 g/mol. The number of carboxylic acids is 1. The number of hydrogen-bond donors (Lipinski definition) is 1. The average molecular weight is 460 g/mol.